The lowest BCUT2D eigenvalue weighted by atomic mass is 10.7. The van der Waals surface area contributed by atoms with Crippen LogP contribution in [0.5, 0.6) is 0 Å². The predicted octanol–water partition coefficient (Wildman–Crippen LogP) is -1.37. The summed E-state index contributed by atoms with van der Waals surface area (Å²) in [5, 5.41) is 8.97. The molecule has 0 aromatic carbocycles. The summed E-state index contributed by atoms with van der Waals surface area (Å²) >= 11 is 0. The van der Waals surface area contributed by atoms with E-state index in [1.54, 1.807) is 0 Å². The maximum Gasteiger partial charge on any atom is 0.439 e. The molecule has 0 aromatic heterocycles. The fourth-order valence-electron chi connectivity index (χ4n) is 0.392. The number of hydrazine groups is 2. The molecule has 0 aliphatic carbocycles. The first kappa shape index (κ1) is 10.2. The molecule has 0 atom stereocenters. The molecule has 0 aromatic rings. The maximum atomic E-state index is 10.6. The summed E-state index contributed by atoms with van der Waals surface area (Å²) in [5.41, 5.74) is 2.38. The molecule has 0 unspecified atom stereocenters. The van der Waals surface area contributed by atoms with Crippen molar-refractivity contribution >= 4 is 6.09 Å². The Bertz CT molecular complexity index is 120. The first-order chi connectivity index (χ1) is 5.22. The van der Waals surface area contributed by atoms with Gasteiger partial charge in [-0.15, -0.1) is 0 Å². The van der Waals surface area contributed by atoms with Crippen LogP contribution >= 0.6 is 0 Å². The molecule has 4 N–H and O–H groups in total. The zero-order valence-electron chi connectivity index (χ0n) is 6.12. The summed E-state index contributed by atoms with van der Waals surface area (Å²) in [6, 6.07) is 0. The number of aliphatic hydroxyl groups excluding tert-OH is 1. The van der Waals surface area contributed by atoms with Gasteiger partial charge in [0.1, 0.15) is 0 Å². The van der Waals surface area contributed by atoms with Crippen LogP contribution in [0.1, 0.15) is 0 Å². The van der Waals surface area contributed by atoms with Crippen LogP contribution < -0.4 is 11.3 Å². The lowest BCUT2D eigenvalue weighted by molar-refractivity contribution is 0.0868. The Kier molecular flexibility index (Phi) is 5.44. The van der Waals surface area contributed by atoms with Gasteiger partial charge >= 0.3 is 6.09 Å². The minimum atomic E-state index is -0.728. The number of nitrogens with two attached hydrogens (primary N) is 1. The van der Waals surface area contributed by atoms with E-state index in [2.05, 4.69) is 17.1 Å². The average molecular weight is 162 g/mol. The van der Waals surface area contributed by atoms with E-state index in [0.29, 0.717) is 5.12 Å². The van der Waals surface area contributed by atoms with Crippen molar-refractivity contribution in [2.24, 2.45) is 5.84 Å². The second kappa shape index (κ2) is 5.90. The molecule has 0 saturated carbocycles. The molecule has 0 aliphatic heterocycles. The van der Waals surface area contributed by atoms with E-state index >= 15 is 0 Å². The molecule has 65 valence electrons. The summed E-state index contributed by atoms with van der Waals surface area (Å²) < 4.78 is 4.41. The van der Waals surface area contributed by atoms with Crippen LogP contribution in [-0.4, -0.2) is 36.1 Å². The highest BCUT2D eigenvalue weighted by Gasteiger charge is 2.07. The highest BCUT2D eigenvalue weighted by atomic mass is 16.6. The number of carbonyl (C=O) groups is 1. The van der Waals surface area contributed by atoms with Gasteiger partial charge in [0, 0.05) is 6.54 Å². The largest absolute Gasteiger partial charge is 0.448 e. The van der Waals surface area contributed by atoms with E-state index in [9.17, 15) is 4.79 Å². The van der Waals surface area contributed by atoms with Crippen molar-refractivity contribution in [1.82, 2.24) is 10.5 Å². The molecule has 0 bridgehead atoms. The molecule has 11 heavy (non-hydrogen) atoms. The zero-order valence-corrected chi connectivity index (χ0v) is 6.12. The van der Waals surface area contributed by atoms with Crippen LogP contribution in [0.4, 0.5) is 4.79 Å². The number of aliphatic hydroxyl groups is 1. The highest BCUT2D eigenvalue weighted by Crippen LogP contribution is 1.80. The number of carbonyl (C=O) groups excluding carboxylic acids is 1. The minimum absolute atomic E-state index is 0.0212. The third-order valence-corrected chi connectivity index (χ3v) is 0.816. The third kappa shape index (κ3) is 4.54. The Labute approximate surface area is 64.9 Å². The summed E-state index contributed by atoms with van der Waals surface area (Å²) in [7, 11) is 0. The van der Waals surface area contributed by atoms with Gasteiger partial charge in [0.2, 0.25) is 0 Å². The van der Waals surface area contributed by atoms with Gasteiger partial charge in [0.15, 0.2) is 0 Å². The lowest BCUT2D eigenvalue weighted by Crippen LogP contribution is -2.49. The number of nitrogens with zero attached hydrogens (tertiary/aromatic N) is 1. The van der Waals surface area contributed by atoms with Gasteiger partial charge in [-0.25, -0.2) is 16.1 Å². The van der Waals surface area contributed by atoms with Gasteiger partial charge in [0.05, 0.1) is 13.2 Å². The fourth-order valence-corrected chi connectivity index (χ4v) is 0.392. The number of amides is 1. The van der Waals surface area contributed by atoms with Crippen LogP contribution in [-0.2, 0) is 4.74 Å². The van der Waals surface area contributed by atoms with Crippen molar-refractivity contribution in [1.29, 1.82) is 0 Å². The summed E-state index contributed by atoms with van der Waals surface area (Å²) in [6.45, 7) is 3.40. The molecule has 0 spiro atoms. The predicted molar refractivity (Wildman–Crippen MR) is 37.8 cm³/mol. The smallest absolute Gasteiger partial charge is 0.439 e. The number of ether oxygens (including phenoxy) is 1. The summed E-state index contributed by atoms with van der Waals surface area (Å²) in [4.78, 5) is 10.6. The standard InChI is InChI=1S/C5H12N3O3/c1-2-11-5(10)8(6)7-3-4-9/h7,9H,1-4,6H2. The topological polar surface area (TPSA) is 87.8 Å². The van der Waals surface area contributed by atoms with Crippen molar-refractivity contribution in [2.45, 2.75) is 0 Å². The van der Waals surface area contributed by atoms with E-state index in [1.165, 1.54) is 0 Å². The van der Waals surface area contributed by atoms with Gasteiger partial charge < -0.3 is 9.84 Å². The number of rotatable bonds is 4. The van der Waals surface area contributed by atoms with Gasteiger partial charge in [0.25, 0.3) is 0 Å². The second-order valence-electron chi connectivity index (χ2n) is 1.62. The molecular weight excluding hydrogens is 150 g/mol. The molecule has 0 fully saturated rings. The van der Waals surface area contributed by atoms with E-state index in [0.717, 1.165) is 0 Å². The maximum absolute atomic E-state index is 10.6. The molecular formula is C5H12N3O3. The summed E-state index contributed by atoms with van der Waals surface area (Å²) in [5.74, 6) is 5.10. The van der Waals surface area contributed by atoms with Gasteiger partial charge in [-0.3, -0.25) is 0 Å². The van der Waals surface area contributed by atoms with Gasteiger partial charge in [-0.05, 0) is 6.92 Å². The lowest BCUT2D eigenvalue weighted by Gasteiger charge is -2.15. The Morgan fingerprint density at radius 2 is 2.45 bits per heavy atom. The van der Waals surface area contributed by atoms with Crippen LogP contribution in [0, 0.1) is 6.92 Å². The van der Waals surface area contributed by atoms with Crippen molar-refractivity contribution in [3.8, 4) is 0 Å². The molecule has 0 saturated heterocycles. The Morgan fingerprint density at radius 1 is 1.82 bits per heavy atom. The van der Waals surface area contributed by atoms with E-state index in [-0.39, 0.29) is 19.8 Å². The average Bonchev–Trinajstić information content (AvgIpc) is 2.00. The molecule has 0 aliphatic rings. The first-order valence-electron chi connectivity index (χ1n) is 3.07. The number of hydrogen-bond donors (Lipinski definition) is 3. The van der Waals surface area contributed by atoms with E-state index in [4.69, 9.17) is 10.9 Å². The molecule has 6 heteroatoms. The van der Waals surface area contributed by atoms with Crippen LogP contribution in [0.25, 0.3) is 0 Å². The first-order valence-corrected chi connectivity index (χ1v) is 3.07. The third-order valence-electron chi connectivity index (χ3n) is 0.816. The van der Waals surface area contributed by atoms with Crippen molar-refractivity contribution in [3.05, 3.63) is 6.92 Å². The van der Waals surface area contributed by atoms with E-state index < -0.39 is 6.09 Å². The van der Waals surface area contributed by atoms with E-state index in [1.807, 2.05) is 0 Å². The molecule has 1 radical (unpaired) electrons. The normalized spacial score (nSPS) is 9.36. The molecule has 0 heterocycles. The SMILES string of the molecule is [CH2]COC(=O)N(N)NCCO. The fraction of sp³-hybridized carbons (Fsp3) is 0.600. The second-order valence-corrected chi connectivity index (χ2v) is 1.62. The molecule has 1 amide bonds. The van der Waals surface area contributed by atoms with Gasteiger partial charge in [-0.1, -0.05) is 0 Å². The Hall–Kier alpha value is -0.850. The number of hydrogen-bond acceptors (Lipinski definition) is 5. The van der Waals surface area contributed by atoms with Crippen LogP contribution in [0.2, 0.25) is 0 Å². The van der Waals surface area contributed by atoms with Crippen molar-refractivity contribution in [2.75, 3.05) is 19.8 Å². The number of nitrogens with one attached hydrogen (secondary N) is 1. The van der Waals surface area contributed by atoms with Crippen LogP contribution in [0.3, 0.4) is 0 Å². The molecule has 0 rings (SSSR count). The van der Waals surface area contributed by atoms with Gasteiger partial charge in [-0.2, -0.15) is 5.12 Å². The summed E-state index contributed by atoms with van der Waals surface area (Å²) in [6.07, 6.45) is -0.728. The van der Waals surface area contributed by atoms with Crippen molar-refractivity contribution in [3.63, 3.8) is 0 Å². The highest BCUT2D eigenvalue weighted by molar-refractivity contribution is 5.66. The zero-order chi connectivity index (χ0) is 8.69. The Balaban J connectivity index is 3.46. The quantitative estimate of drug-likeness (QED) is 0.269. The van der Waals surface area contributed by atoms with Crippen molar-refractivity contribution < 1.29 is 14.6 Å². The Morgan fingerprint density at radius 3 is 2.91 bits per heavy atom. The van der Waals surface area contributed by atoms with Crippen LogP contribution in [0.15, 0.2) is 0 Å². The monoisotopic (exact) mass is 162 g/mol. The molecule has 6 nitrogen and oxygen atoms in total. The minimum Gasteiger partial charge on any atom is -0.448 e.